The van der Waals surface area contributed by atoms with Crippen molar-refractivity contribution in [2.75, 3.05) is 11.1 Å². The lowest BCUT2D eigenvalue weighted by molar-refractivity contribution is -0.121. The normalized spacial score (nSPS) is 13.1. The Bertz CT molecular complexity index is 791. The van der Waals surface area contributed by atoms with Gasteiger partial charge in [-0.1, -0.05) is 55.3 Å². The molecule has 2 aromatic rings. The molecule has 0 radical (unpaired) electrons. The fraction of sp³-hybridized carbons (Fsp3) is 0.364. The summed E-state index contributed by atoms with van der Waals surface area (Å²) in [6, 6.07) is 15.0. The Morgan fingerprint density at radius 1 is 1.00 bits per heavy atom. The smallest absolute Gasteiger partial charge is 0.234 e. The van der Waals surface area contributed by atoms with Crippen molar-refractivity contribution in [1.29, 1.82) is 0 Å². The summed E-state index contributed by atoms with van der Waals surface area (Å²) in [5.74, 6) is 0.246. The zero-order chi connectivity index (χ0) is 20.7. The number of aryl methyl sites for hydroxylation is 1. The summed E-state index contributed by atoms with van der Waals surface area (Å²) < 4.78 is 0. The number of thioether (sulfide) groups is 1. The van der Waals surface area contributed by atoms with E-state index in [1.54, 1.807) is 0 Å². The molecule has 0 aromatic heterocycles. The molecular formula is C22H27ClN2O2S. The molecule has 0 fully saturated rings. The third-order valence-electron chi connectivity index (χ3n) is 4.36. The van der Waals surface area contributed by atoms with Crippen LogP contribution in [0.4, 0.5) is 5.69 Å². The summed E-state index contributed by atoms with van der Waals surface area (Å²) in [6.45, 7) is 7.94. The van der Waals surface area contributed by atoms with Crippen LogP contribution in [-0.4, -0.2) is 22.8 Å². The Balaban J connectivity index is 1.87. The predicted octanol–water partition coefficient (Wildman–Crippen LogP) is 5.22. The average Bonchev–Trinajstić information content (AvgIpc) is 2.66. The second-order valence-electron chi connectivity index (χ2n) is 7.15. The van der Waals surface area contributed by atoms with Gasteiger partial charge in [-0.2, -0.15) is 0 Å². The molecule has 6 heteroatoms. The third kappa shape index (κ3) is 6.88. The van der Waals surface area contributed by atoms with Crippen molar-refractivity contribution in [3.05, 3.63) is 64.7 Å². The van der Waals surface area contributed by atoms with Gasteiger partial charge in [0.05, 0.1) is 17.0 Å². The highest BCUT2D eigenvalue weighted by Gasteiger charge is 2.22. The molecule has 150 valence electrons. The van der Waals surface area contributed by atoms with E-state index in [9.17, 15) is 9.59 Å². The molecule has 4 nitrogen and oxygen atoms in total. The largest absolute Gasteiger partial charge is 0.348 e. The molecule has 2 atom stereocenters. The van der Waals surface area contributed by atoms with Crippen LogP contribution >= 0.6 is 23.4 Å². The average molecular weight is 419 g/mol. The van der Waals surface area contributed by atoms with Crippen molar-refractivity contribution in [2.24, 2.45) is 5.92 Å². The molecule has 2 rings (SSSR count). The van der Waals surface area contributed by atoms with Gasteiger partial charge in [-0.15, -0.1) is 11.8 Å². The summed E-state index contributed by atoms with van der Waals surface area (Å²) in [4.78, 5) is 24.7. The first-order valence-corrected chi connectivity index (χ1v) is 10.7. The molecule has 2 aromatic carbocycles. The van der Waals surface area contributed by atoms with Crippen LogP contribution in [0.25, 0.3) is 0 Å². The van der Waals surface area contributed by atoms with Crippen LogP contribution < -0.4 is 10.6 Å². The van der Waals surface area contributed by atoms with Crippen molar-refractivity contribution in [1.82, 2.24) is 5.32 Å². The second kappa shape index (κ2) is 10.5. The number of halogens is 1. The van der Waals surface area contributed by atoms with Gasteiger partial charge in [0.2, 0.25) is 11.8 Å². The van der Waals surface area contributed by atoms with Gasteiger partial charge in [-0.3, -0.25) is 9.59 Å². The first kappa shape index (κ1) is 22.3. The molecule has 0 saturated carbocycles. The number of rotatable bonds is 8. The molecule has 28 heavy (non-hydrogen) atoms. The Labute approximate surface area is 176 Å². The van der Waals surface area contributed by atoms with Crippen LogP contribution in [0.1, 0.15) is 37.9 Å². The molecule has 2 N–H and O–H groups in total. The maximum atomic E-state index is 12.6. The van der Waals surface area contributed by atoms with Crippen LogP contribution in [0.15, 0.2) is 48.5 Å². The van der Waals surface area contributed by atoms with Crippen LogP contribution in [0.2, 0.25) is 5.02 Å². The minimum Gasteiger partial charge on any atom is -0.348 e. The number of amides is 2. The standard InChI is InChI=1S/C22H27ClN2O2S/c1-14(2)21(17-7-9-18(23)10-8-17)25-22(27)16(4)28-13-20(26)24-19-11-5-15(3)6-12-19/h5-12,14,16,21H,13H2,1-4H3,(H,24,26)(H,25,27). The topological polar surface area (TPSA) is 58.2 Å². The lowest BCUT2D eigenvalue weighted by atomic mass is 9.96. The Kier molecular flexibility index (Phi) is 8.39. The van der Waals surface area contributed by atoms with E-state index in [1.807, 2.05) is 62.4 Å². The Morgan fingerprint density at radius 3 is 2.18 bits per heavy atom. The minimum absolute atomic E-state index is 0.0817. The monoisotopic (exact) mass is 418 g/mol. The van der Waals surface area contributed by atoms with Gasteiger partial charge in [-0.05, 0) is 49.6 Å². The van der Waals surface area contributed by atoms with E-state index < -0.39 is 0 Å². The highest BCUT2D eigenvalue weighted by molar-refractivity contribution is 8.01. The molecule has 0 spiro atoms. The number of hydrogen-bond donors (Lipinski definition) is 2. The van der Waals surface area contributed by atoms with E-state index in [-0.39, 0.29) is 34.8 Å². The van der Waals surface area contributed by atoms with E-state index >= 15 is 0 Å². The lowest BCUT2D eigenvalue weighted by Crippen LogP contribution is -2.37. The summed E-state index contributed by atoms with van der Waals surface area (Å²) in [5.41, 5.74) is 2.91. The van der Waals surface area contributed by atoms with Gasteiger partial charge in [0.25, 0.3) is 0 Å². The molecule has 0 saturated heterocycles. The maximum Gasteiger partial charge on any atom is 0.234 e. The summed E-state index contributed by atoms with van der Waals surface area (Å²) in [6.07, 6.45) is 0. The number of carbonyl (C=O) groups is 2. The first-order chi connectivity index (χ1) is 13.3. The van der Waals surface area contributed by atoms with Gasteiger partial charge >= 0.3 is 0 Å². The third-order valence-corrected chi connectivity index (χ3v) is 5.76. The fourth-order valence-electron chi connectivity index (χ4n) is 2.69. The van der Waals surface area contributed by atoms with Crippen molar-refractivity contribution < 1.29 is 9.59 Å². The van der Waals surface area contributed by atoms with Crippen molar-refractivity contribution >= 4 is 40.9 Å². The SMILES string of the molecule is Cc1ccc(NC(=O)CSC(C)C(=O)NC(c2ccc(Cl)cc2)C(C)C)cc1. The summed E-state index contributed by atoms with van der Waals surface area (Å²) >= 11 is 7.28. The highest BCUT2D eigenvalue weighted by atomic mass is 35.5. The van der Waals surface area contributed by atoms with E-state index in [0.717, 1.165) is 16.8 Å². The molecule has 0 aliphatic heterocycles. The zero-order valence-electron chi connectivity index (χ0n) is 16.7. The quantitative estimate of drug-likeness (QED) is 0.617. The van der Waals surface area contributed by atoms with Crippen LogP contribution in [0, 0.1) is 12.8 Å². The summed E-state index contributed by atoms with van der Waals surface area (Å²) in [5, 5.41) is 6.28. The number of carbonyl (C=O) groups excluding carboxylic acids is 2. The number of anilines is 1. The molecule has 0 heterocycles. The van der Waals surface area contributed by atoms with Crippen LogP contribution in [0.5, 0.6) is 0 Å². The maximum absolute atomic E-state index is 12.6. The van der Waals surface area contributed by atoms with Gasteiger partial charge in [-0.25, -0.2) is 0 Å². The van der Waals surface area contributed by atoms with E-state index in [2.05, 4.69) is 24.5 Å². The molecule has 2 unspecified atom stereocenters. The predicted molar refractivity (Wildman–Crippen MR) is 119 cm³/mol. The van der Waals surface area contributed by atoms with Gasteiger partial charge in [0, 0.05) is 10.7 Å². The first-order valence-electron chi connectivity index (χ1n) is 9.30. The van der Waals surface area contributed by atoms with Gasteiger partial charge in [0.15, 0.2) is 0 Å². The van der Waals surface area contributed by atoms with Crippen LogP contribution in [-0.2, 0) is 9.59 Å². The number of nitrogens with one attached hydrogen (secondary N) is 2. The van der Waals surface area contributed by atoms with Gasteiger partial charge < -0.3 is 10.6 Å². The van der Waals surface area contributed by atoms with E-state index in [1.165, 1.54) is 11.8 Å². The van der Waals surface area contributed by atoms with Crippen LogP contribution in [0.3, 0.4) is 0 Å². The fourth-order valence-corrected chi connectivity index (χ4v) is 3.50. The molecule has 2 amide bonds. The van der Waals surface area contributed by atoms with Crippen molar-refractivity contribution in [2.45, 2.75) is 39.0 Å². The Hall–Kier alpha value is -1.98. The Morgan fingerprint density at radius 2 is 1.61 bits per heavy atom. The highest BCUT2D eigenvalue weighted by Crippen LogP contribution is 2.24. The molecule has 0 bridgehead atoms. The van der Waals surface area contributed by atoms with E-state index in [0.29, 0.717) is 5.02 Å². The molecule has 0 aliphatic carbocycles. The molecular weight excluding hydrogens is 392 g/mol. The second-order valence-corrected chi connectivity index (χ2v) is 8.91. The van der Waals surface area contributed by atoms with Crippen molar-refractivity contribution in [3.8, 4) is 0 Å². The number of benzene rings is 2. The lowest BCUT2D eigenvalue weighted by Gasteiger charge is -2.24. The molecule has 0 aliphatic rings. The number of hydrogen-bond acceptors (Lipinski definition) is 3. The minimum atomic E-state index is -0.336. The van der Waals surface area contributed by atoms with Crippen molar-refractivity contribution in [3.63, 3.8) is 0 Å². The summed E-state index contributed by atoms with van der Waals surface area (Å²) in [7, 11) is 0. The van der Waals surface area contributed by atoms with Gasteiger partial charge in [0.1, 0.15) is 0 Å². The zero-order valence-corrected chi connectivity index (χ0v) is 18.2. The van der Waals surface area contributed by atoms with E-state index in [4.69, 9.17) is 11.6 Å².